The van der Waals surface area contributed by atoms with E-state index < -0.39 is 0 Å². The van der Waals surface area contributed by atoms with E-state index in [1.807, 2.05) is 31.2 Å². The van der Waals surface area contributed by atoms with Gasteiger partial charge in [-0.25, -0.2) is 0 Å². The fourth-order valence-electron chi connectivity index (χ4n) is 4.25. The Morgan fingerprint density at radius 1 is 0.939 bits per heavy atom. The van der Waals surface area contributed by atoms with Gasteiger partial charge in [-0.3, -0.25) is 0 Å². The molecule has 1 heterocycles. The van der Waals surface area contributed by atoms with Crippen LogP contribution >= 0.6 is 0 Å². The van der Waals surface area contributed by atoms with Crippen LogP contribution in [0.1, 0.15) is 30.4 Å². The number of Topliss-reactive ketones (excluding diaryl/α,β-unsaturated/α-hetero) is 1. The third-order valence-corrected chi connectivity index (χ3v) is 5.86. The van der Waals surface area contributed by atoms with E-state index in [0.29, 0.717) is 65.3 Å². The first-order valence-electron chi connectivity index (χ1n) is 10.9. The molecule has 1 aliphatic carbocycles. The molecule has 1 aliphatic heterocycles. The molecule has 7 nitrogen and oxygen atoms in total. The van der Waals surface area contributed by atoms with Crippen molar-refractivity contribution >= 4 is 30.1 Å². The summed E-state index contributed by atoms with van der Waals surface area (Å²) in [6.07, 6.45) is 2.06. The second-order valence-electron chi connectivity index (χ2n) is 7.98. The molecule has 1 N–H and O–H groups in total. The van der Waals surface area contributed by atoms with Gasteiger partial charge < -0.3 is 0 Å². The monoisotopic (exact) mass is 449 g/mol. The van der Waals surface area contributed by atoms with Gasteiger partial charge in [0.1, 0.15) is 0 Å². The van der Waals surface area contributed by atoms with E-state index in [1.54, 1.807) is 21.3 Å². The maximum absolute atomic E-state index is 13.1. The van der Waals surface area contributed by atoms with E-state index in [-0.39, 0.29) is 5.78 Å². The Balaban J connectivity index is 1.89. The standard InChI is InChI=1S/C25H28BNO6/c1-14-10-19-20(33-9-8-32-19)13-16(14)24(23-17(26)6-5-7-18(23)28)27-15-11-21(29-2)25(31-4)22(12-15)30-3/h10-13,26-27H,5-9H2,1-4H3/b24-23-. The Kier molecular flexibility index (Phi) is 6.63. The van der Waals surface area contributed by atoms with Crippen molar-refractivity contribution in [1.82, 2.24) is 0 Å². The van der Waals surface area contributed by atoms with Gasteiger partial charge in [-0.15, -0.1) is 0 Å². The quantitative estimate of drug-likeness (QED) is 0.535. The molecule has 0 aromatic heterocycles. The van der Waals surface area contributed by atoms with E-state index in [4.69, 9.17) is 23.7 Å². The number of allylic oxidation sites excluding steroid dienone is 1. The summed E-state index contributed by atoms with van der Waals surface area (Å²) >= 11 is 0. The molecule has 1 saturated carbocycles. The summed E-state index contributed by atoms with van der Waals surface area (Å²) in [7, 11) is 8.90. The molecule has 2 aromatic rings. The van der Waals surface area contributed by atoms with Gasteiger partial charge in [0.25, 0.3) is 0 Å². The minimum absolute atomic E-state index is 0.0653. The number of hydrogen-bond acceptors (Lipinski definition) is 7. The molecule has 0 amide bonds. The van der Waals surface area contributed by atoms with Crippen molar-refractivity contribution < 1.29 is 28.5 Å². The average molecular weight is 449 g/mol. The number of fused-ring (bicyclic) bond motifs is 1. The van der Waals surface area contributed by atoms with Crippen LogP contribution in [0.4, 0.5) is 5.69 Å². The SMILES string of the molecule is B=C1CCCC(=O)/C1=C(\Nc1cc(OC)c(OC)c(OC)c1)c1cc2c(cc1C)OCCO2. The van der Waals surface area contributed by atoms with Crippen LogP contribution in [0.5, 0.6) is 28.7 Å². The van der Waals surface area contributed by atoms with Gasteiger partial charge in [0.05, 0.1) is 0 Å². The number of benzene rings is 2. The van der Waals surface area contributed by atoms with Crippen molar-refractivity contribution in [3.05, 3.63) is 41.0 Å². The van der Waals surface area contributed by atoms with E-state index in [9.17, 15) is 4.79 Å². The molecule has 33 heavy (non-hydrogen) atoms. The Labute approximate surface area is 194 Å². The maximum atomic E-state index is 13.1. The first-order chi connectivity index (χ1) is 16.0. The molecule has 2 aliphatic rings. The summed E-state index contributed by atoms with van der Waals surface area (Å²) in [4.78, 5) is 13.1. The van der Waals surface area contributed by atoms with Gasteiger partial charge in [-0.2, -0.15) is 0 Å². The normalized spacial score (nSPS) is 16.8. The van der Waals surface area contributed by atoms with Gasteiger partial charge in [-0.05, 0) is 0 Å². The summed E-state index contributed by atoms with van der Waals surface area (Å²) in [5.41, 5.74) is 4.58. The van der Waals surface area contributed by atoms with E-state index in [2.05, 4.69) is 12.8 Å². The third-order valence-electron chi connectivity index (χ3n) is 5.86. The zero-order valence-corrected chi connectivity index (χ0v) is 19.5. The number of hydrogen-bond donors (Lipinski definition) is 1. The summed E-state index contributed by atoms with van der Waals surface area (Å²) < 4.78 is 28.0. The van der Waals surface area contributed by atoms with Crippen molar-refractivity contribution in [1.29, 1.82) is 0 Å². The van der Waals surface area contributed by atoms with E-state index in [1.165, 1.54) is 0 Å². The Hall–Kier alpha value is -3.42. The van der Waals surface area contributed by atoms with Crippen LogP contribution in [0.15, 0.2) is 29.8 Å². The van der Waals surface area contributed by atoms with E-state index >= 15 is 0 Å². The van der Waals surface area contributed by atoms with Crippen LogP contribution in [0.3, 0.4) is 0 Å². The number of nitrogens with one attached hydrogen (secondary N) is 1. The predicted molar refractivity (Wildman–Crippen MR) is 130 cm³/mol. The second kappa shape index (κ2) is 9.61. The predicted octanol–water partition coefficient (Wildman–Crippen LogP) is 3.44. The molecule has 0 bridgehead atoms. The molecule has 0 radical (unpaired) electrons. The molecule has 4 rings (SSSR count). The Morgan fingerprint density at radius 3 is 2.15 bits per heavy atom. The molecular weight excluding hydrogens is 421 g/mol. The van der Waals surface area contributed by atoms with Crippen LogP contribution in [-0.4, -0.2) is 53.3 Å². The summed E-state index contributed by atoms with van der Waals surface area (Å²) in [5, 5.41) is 3.46. The van der Waals surface area contributed by atoms with Crippen molar-refractivity contribution in [2.75, 3.05) is 39.9 Å². The van der Waals surface area contributed by atoms with Gasteiger partial charge >= 0.3 is 194 Å². The molecule has 0 atom stereocenters. The summed E-state index contributed by atoms with van der Waals surface area (Å²) in [6, 6.07) is 7.49. The molecule has 172 valence electrons. The first kappa shape index (κ1) is 22.8. The molecular formula is C25H28BNO6. The minimum atomic E-state index is 0.0653. The van der Waals surface area contributed by atoms with Crippen molar-refractivity contribution in [3.8, 4) is 28.7 Å². The molecule has 2 aromatic carbocycles. The van der Waals surface area contributed by atoms with Crippen LogP contribution < -0.4 is 29.0 Å². The van der Waals surface area contributed by atoms with Crippen molar-refractivity contribution in [3.63, 3.8) is 0 Å². The van der Waals surface area contributed by atoms with Gasteiger partial charge in [0, 0.05) is 0 Å². The van der Waals surface area contributed by atoms with Crippen LogP contribution in [0.2, 0.25) is 0 Å². The number of ketones is 1. The Bertz CT molecular complexity index is 1100. The van der Waals surface area contributed by atoms with Crippen LogP contribution in [0.25, 0.3) is 5.70 Å². The fourth-order valence-corrected chi connectivity index (χ4v) is 4.25. The topological polar surface area (TPSA) is 75.3 Å². The molecule has 0 unspecified atom stereocenters. The molecule has 8 heteroatoms. The average Bonchev–Trinajstić information content (AvgIpc) is 2.82. The number of methoxy groups -OCH3 is 3. The third kappa shape index (κ3) is 4.42. The molecule has 0 spiro atoms. The van der Waals surface area contributed by atoms with E-state index in [0.717, 1.165) is 29.4 Å². The van der Waals surface area contributed by atoms with Crippen LogP contribution in [0, 0.1) is 6.92 Å². The fraction of sp³-hybridized carbons (Fsp3) is 0.360. The number of carbonyl (C=O) groups is 1. The van der Waals surface area contributed by atoms with Gasteiger partial charge in [0.15, 0.2) is 0 Å². The molecule has 0 saturated heterocycles. The number of ether oxygens (including phenoxy) is 5. The van der Waals surface area contributed by atoms with Crippen molar-refractivity contribution in [2.24, 2.45) is 0 Å². The number of carbonyl (C=O) groups excluding carboxylic acids is 1. The Morgan fingerprint density at radius 2 is 1.58 bits per heavy atom. The number of anilines is 1. The molecule has 1 fully saturated rings. The first-order valence-corrected chi connectivity index (χ1v) is 10.9. The van der Waals surface area contributed by atoms with Crippen molar-refractivity contribution in [2.45, 2.75) is 26.2 Å². The second-order valence-corrected chi connectivity index (χ2v) is 7.98. The zero-order chi connectivity index (χ0) is 23.5. The summed E-state index contributed by atoms with van der Waals surface area (Å²) in [5.74, 6) is 2.94. The zero-order valence-electron chi connectivity index (χ0n) is 19.5. The number of rotatable bonds is 6. The van der Waals surface area contributed by atoms with Gasteiger partial charge in [0.2, 0.25) is 0 Å². The summed E-state index contributed by atoms with van der Waals surface area (Å²) in [6.45, 7) is 2.98. The number of aryl methyl sites for hydroxylation is 1. The van der Waals surface area contributed by atoms with Crippen LogP contribution in [-0.2, 0) is 4.79 Å². The van der Waals surface area contributed by atoms with Gasteiger partial charge in [-0.1, -0.05) is 0 Å².